The molecule has 0 atom stereocenters. The second kappa shape index (κ2) is 9.63. The van der Waals surface area contributed by atoms with Gasteiger partial charge in [-0.2, -0.15) is 5.26 Å². The molecule has 0 bridgehead atoms. The van der Waals surface area contributed by atoms with Crippen LogP contribution in [0.5, 0.6) is 0 Å². The third-order valence-corrected chi connectivity index (χ3v) is 5.83. The van der Waals surface area contributed by atoms with Crippen molar-refractivity contribution >= 4 is 40.3 Å². The van der Waals surface area contributed by atoms with E-state index in [1.807, 2.05) is 48.6 Å². The molecule has 3 aromatic rings. The van der Waals surface area contributed by atoms with Crippen molar-refractivity contribution in [1.29, 1.82) is 5.26 Å². The van der Waals surface area contributed by atoms with E-state index in [2.05, 4.69) is 16.4 Å². The summed E-state index contributed by atoms with van der Waals surface area (Å²) in [5.74, 6) is -0.104. The zero-order chi connectivity index (χ0) is 21.7. The summed E-state index contributed by atoms with van der Waals surface area (Å²) < 4.78 is 1.94. The van der Waals surface area contributed by atoms with E-state index in [-0.39, 0.29) is 24.1 Å². The Morgan fingerprint density at radius 2 is 2.07 bits per heavy atom. The molecule has 0 saturated heterocycles. The minimum Gasteiger partial charge on any atom is -0.355 e. The summed E-state index contributed by atoms with van der Waals surface area (Å²) >= 11 is 1.39. The highest BCUT2D eigenvalue weighted by molar-refractivity contribution is 7.99. The van der Waals surface area contributed by atoms with Crippen LogP contribution in [0.1, 0.15) is 31.4 Å². The van der Waals surface area contributed by atoms with Crippen LogP contribution in [0.3, 0.4) is 0 Å². The number of nitrogens with zero attached hydrogens (tertiary/aromatic N) is 4. The van der Waals surface area contributed by atoms with Gasteiger partial charge < -0.3 is 10.2 Å². The molecular weight excluding hydrogens is 398 g/mol. The van der Waals surface area contributed by atoms with Gasteiger partial charge in [-0.15, -0.1) is 0 Å². The van der Waals surface area contributed by atoms with Crippen LogP contribution in [-0.2, 0) is 16.0 Å². The van der Waals surface area contributed by atoms with E-state index in [0.29, 0.717) is 24.2 Å². The van der Waals surface area contributed by atoms with E-state index in [1.165, 1.54) is 16.7 Å². The topological polar surface area (TPSA) is 90.5 Å². The number of rotatable bonds is 8. The van der Waals surface area contributed by atoms with E-state index in [1.54, 1.807) is 7.05 Å². The summed E-state index contributed by atoms with van der Waals surface area (Å²) in [5.41, 5.74) is 3.78. The number of nitriles is 1. The van der Waals surface area contributed by atoms with Gasteiger partial charge in [-0.25, -0.2) is 4.98 Å². The Kier molecular flexibility index (Phi) is 6.95. The summed E-state index contributed by atoms with van der Waals surface area (Å²) in [4.78, 5) is 30.6. The van der Waals surface area contributed by atoms with E-state index in [0.717, 1.165) is 28.0 Å². The van der Waals surface area contributed by atoms with Crippen molar-refractivity contribution in [2.75, 3.05) is 25.9 Å². The predicted octanol–water partition coefficient (Wildman–Crippen LogP) is 3.00. The Morgan fingerprint density at radius 3 is 2.77 bits per heavy atom. The summed E-state index contributed by atoms with van der Waals surface area (Å²) in [6.45, 7) is 4.62. The lowest BCUT2D eigenvalue weighted by molar-refractivity contribution is -0.132. The minimum atomic E-state index is -0.160. The lowest BCUT2D eigenvalue weighted by atomic mass is 10.1. The van der Waals surface area contributed by atoms with Gasteiger partial charge in [0.25, 0.3) is 0 Å². The standard InChI is InChI=1S/C22H25N5O2S/c1-4-10-24-19(28)13-26(3)20(29)14-30-21-11-15(5-2)16(12-23)22-25-17-8-6-7-9-18(17)27(21)22/h6-9,11H,4-5,10,13-14H2,1-3H3,(H,24,28). The maximum absolute atomic E-state index is 12.6. The van der Waals surface area contributed by atoms with Crippen molar-refractivity contribution in [3.63, 3.8) is 0 Å². The summed E-state index contributed by atoms with van der Waals surface area (Å²) in [6, 6.07) is 12.0. The molecule has 2 aromatic heterocycles. The molecule has 7 nitrogen and oxygen atoms in total. The number of aryl methyl sites for hydroxylation is 1. The van der Waals surface area contributed by atoms with Gasteiger partial charge in [-0.3, -0.25) is 14.0 Å². The molecular formula is C22H25N5O2S. The highest BCUT2D eigenvalue weighted by Gasteiger charge is 2.18. The van der Waals surface area contributed by atoms with Gasteiger partial charge in [0, 0.05) is 13.6 Å². The average Bonchev–Trinajstić information content (AvgIpc) is 3.14. The van der Waals surface area contributed by atoms with Gasteiger partial charge in [0.2, 0.25) is 11.8 Å². The number of thioether (sulfide) groups is 1. The van der Waals surface area contributed by atoms with Crippen LogP contribution in [0.15, 0.2) is 35.4 Å². The van der Waals surface area contributed by atoms with Crippen LogP contribution in [0.25, 0.3) is 16.7 Å². The summed E-state index contributed by atoms with van der Waals surface area (Å²) in [7, 11) is 1.63. The molecule has 2 amide bonds. The van der Waals surface area contributed by atoms with Crippen molar-refractivity contribution in [3.8, 4) is 6.07 Å². The second-order valence-corrected chi connectivity index (χ2v) is 7.99. The van der Waals surface area contributed by atoms with Gasteiger partial charge in [0.15, 0.2) is 5.65 Å². The molecule has 30 heavy (non-hydrogen) atoms. The van der Waals surface area contributed by atoms with Crippen LogP contribution in [0.2, 0.25) is 0 Å². The Morgan fingerprint density at radius 1 is 1.30 bits per heavy atom. The maximum Gasteiger partial charge on any atom is 0.239 e. The van der Waals surface area contributed by atoms with Crippen molar-refractivity contribution in [2.45, 2.75) is 31.7 Å². The van der Waals surface area contributed by atoms with Crippen molar-refractivity contribution in [2.24, 2.45) is 0 Å². The molecule has 0 unspecified atom stereocenters. The minimum absolute atomic E-state index is 0.0381. The van der Waals surface area contributed by atoms with Gasteiger partial charge in [0.05, 0.1) is 33.9 Å². The predicted molar refractivity (Wildman–Crippen MR) is 118 cm³/mol. The second-order valence-electron chi connectivity index (χ2n) is 7.00. The Labute approximate surface area is 180 Å². The van der Waals surface area contributed by atoms with Crippen LogP contribution < -0.4 is 5.32 Å². The first-order valence-corrected chi connectivity index (χ1v) is 10.9. The molecule has 156 valence electrons. The first-order chi connectivity index (χ1) is 14.5. The number of aromatic nitrogens is 2. The number of fused-ring (bicyclic) bond motifs is 3. The smallest absolute Gasteiger partial charge is 0.239 e. The molecule has 2 heterocycles. The lowest BCUT2D eigenvalue weighted by Crippen LogP contribution is -2.39. The van der Waals surface area contributed by atoms with E-state index in [4.69, 9.17) is 0 Å². The number of pyridine rings is 1. The highest BCUT2D eigenvalue weighted by atomic mass is 32.2. The van der Waals surface area contributed by atoms with Gasteiger partial charge in [-0.05, 0) is 36.6 Å². The van der Waals surface area contributed by atoms with Gasteiger partial charge in [0.1, 0.15) is 6.07 Å². The maximum atomic E-state index is 12.6. The Balaban J connectivity index is 1.88. The van der Waals surface area contributed by atoms with Crippen LogP contribution in [-0.4, -0.2) is 52.0 Å². The fraction of sp³-hybridized carbons (Fsp3) is 0.364. The first kappa shape index (κ1) is 21.7. The number of carbonyl (C=O) groups excluding carboxylic acids is 2. The quantitative estimate of drug-likeness (QED) is 0.563. The molecule has 0 aliphatic heterocycles. The number of para-hydroxylation sites is 2. The SMILES string of the molecule is CCCNC(=O)CN(C)C(=O)CSc1cc(CC)c(C#N)c2nc3ccccc3n12. The molecule has 0 spiro atoms. The highest BCUT2D eigenvalue weighted by Crippen LogP contribution is 2.30. The van der Waals surface area contributed by atoms with Crippen LogP contribution in [0, 0.1) is 11.3 Å². The third kappa shape index (κ3) is 4.41. The molecule has 1 aromatic carbocycles. The van der Waals surface area contributed by atoms with Gasteiger partial charge in [-0.1, -0.05) is 37.7 Å². The Bertz CT molecular complexity index is 1130. The van der Waals surface area contributed by atoms with Crippen LogP contribution >= 0.6 is 11.8 Å². The number of benzene rings is 1. The number of carbonyl (C=O) groups is 2. The van der Waals surface area contributed by atoms with Crippen molar-refractivity contribution in [3.05, 3.63) is 41.5 Å². The van der Waals surface area contributed by atoms with E-state index < -0.39 is 0 Å². The molecule has 8 heteroatoms. The molecule has 0 aliphatic carbocycles. The molecule has 0 saturated carbocycles. The fourth-order valence-electron chi connectivity index (χ4n) is 3.22. The number of likely N-dealkylation sites (N-methyl/N-ethyl adjacent to an activating group) is 1. The van der Waals surface area contributed by atoms with Crippen molar-refractivity contribution < 1.29 is 9.59 Å². The van der Waals surface area contributed by atoms with Gasteiger partial charge >= 0.3 is 0 Å². The molecule has 3 rings (SSSR count). The van der Waals surface area contributed by atoms with E-state index >= 15 is 0 Å². The zero-order valence-corrected chi connectivity index (χ0v) is 18.3. The summed E-state index contributed by atoms with van der Waals surface area (Å²) in [6.07, 6.45) is 1.55. The summed E-state index contributed by atoms with van der Waals surface area (Å²) in [5, 5.41) is 13.3. The number of nitrogens with one attached hydrogen (secondary N) is 1. The lowest BCUT2D eigenvalue weighted by Gasteiger charge is -2.17. The molecule has 1 N–H and O–H groups in total. The number of amides is 2. The monoisotopic (exact) mass is 423 g/mol. The molecule has 0 aliphatic rings. The number of hydrogen-bond donors (Lipinski definition) is 1. The first-order valence-electron chi connectivity index (χ1n) is 9.96. The zero-order valence-electron chi connectivity index (χ0n) is 17.4. The Hall–Kier alpha value is -3.05. The van der Waals surface area contributed by atoms with Crippen molar-refractivity contribution in [1.82, 2.24) is 19.6 Å². The normalized spacial score (nSPS) is 10.9. The largest absolute Gasteiger partial charge is 0.355 e. The third-order valence-electron chi connectivity index (χ3n) is 4.84. The van der Waals surface area contributed by atoms with E-state index in [9.17, 15) is 14.9 Å². The van der Waals surface area contributed by atoms with Crippen LogP contribution in [0.4, 0.5) is 0 Å². The molecule has 0 radical (unpaired) electrons. The molecule has 0 fully saturated rings. The fourth-order valence-corrected chi connectivity index (χ4v) is 4.25. The number of imidazole rings is 1. The number of hydrogen-bond acceptors (Lipinski definition) is 5. The average molecular weight is 424 g/mol.